The van der Waals surface area contributed by atoms with Crippen LogP contribution in [0.5, 0.6) is 0 Å². The topological polar surface area (TPSA) is 52.0 Å². The normalized spacial score (nSPS) is 10.8. The van der Waals surface area contributed by atoms with Crippen molar-refractivity contribution in [3.8, 4) is 0 Å². The summed E-state index contributed by atoms with van der Waals surface area (Å²) in [5.74, 6) is 0. The Labute approximate surface area is 70.1 Å². The van der Waals surface area contributed by atoms with Crippen molar-refractivity contribution in [2.24, 2.45) is 5.73 Å². The van der Waals surface area contributed by atoms with Gasteiger partial charge in [0.15, 0.2) is 5.58 Å². The molecule has 3 heteroatoms. The minimum Gasteiger partial charge on any atom is -0.356 e. The Bertz CT molecular complexity index is 406. The molecule has 2 N–H and O–H groups in total. The number of rotatable bonds is 1. The van der Waals surface area contributed by atoms with Gasteiger partial charge in [-0.3, -0.25) is 0 Å². The van der Waals surface area contributed by atoms with Gasteiger partial charge in [0.05, 0.1) is 6.20 Å². The van der Waals surface area contributed by atoms with E-state index >= 15 is 0 Å². The second-order valence-electron chi connectivity index (χ2n) is 2.81. The highest BCUT2D eigenvalue weighted by Gasteiger charge is 2.05. The zero-order chi connectivity index (χ0) is 8.55. The standard InChI is InChI=1S/C9H10N2O/c1-6-2-3-7(4-10)9-8(6)5-11-12-9/h2-3,5H,4,10H2,1H3. The third kappa shape index (κ3) is 0.905. The van der Waals surface area contributed by atoms with Crippen molar-refractivity contribution in [2.75, 3.05) is 0 Å². The molecule has 0 radical (unpaired) electrons. The number of hydrogen-bond donors (Lipinski definition) is 1. The lowest BCUT2D eigenvalue weighted by molar-refractivity contribution is 0.454. The van der Waals surface area contributed by atoms with Crippen LogP contribution in [0.4, 0.5) is 0 Å². The highest BCUT2D eigenvalue weighted by Crippen LogP contribution is 2.21. The van der Waals surface area contributed by atoms with E-state index in [1.807, 2.05) is 19.1 Å². The van der Waals surface area contributed by atoms with Gasteiger partial charge in [0, 0.05) is 17.5 Å². The number of aromatic nitrogens is 1. The Hall–Kier alpha value is -1.35. The summed E-state index contributed by atoms with van der Waals surface area (Å²) in [7, 11) is 0. The van der Waals surface area contributed by atoms with Crippen molar-refractivity contribution < 1.29 is 4.52 Å². The van der Waals surface area contributed by atoms with E-state index in [1.54, 1.807) is 6.20 Å². The molecule has 0 atom stereocenters. The molecule has 0 fully saturated rings. The summed E-state index contributed by atoms with van der Waals surface area (Å²) in [5.41, 5.74) is 8.53. The first-order chi connectivity index (χ1) is 5.83. The largest absolute Gasteiger partial charge is 0.356 e. The Balaban J connectivity index is 2.82. The van der Waals surface area contributed by atoms with E-state index in [9.17, 15) is 0 Å². The zero-order valence-electron chi connectivity index (χ0n) is 6.87. The van der Waals surface area contributed by atoms with E-state index in [0.29, 0.717) is 6.54 Å². The predicted octanol–water partition coefficient (Wildman–Crippen LogP) is 1.59. The lowest BCUT2D eigenvalue weighted by Gasteiger charge is -1.98. The van der Waals surface area contributed by atoms with Gasteiger partial charge in [-0.15, -0.1) is 0 Å². The first kappa shape index (κ1) is 7.31. The molecule has 62 valence electrons. The van der Waals surface area contributed by atoms with Crippen molar-refractivity contribution >= 4 is 11.0 Å². The van der Waals surface area contributed by atoms with Crippen LogP contribution >= 0.6 is 0 Å². The monoisotopic (exact) mass is 162 g/mol. The van der Waals surface area contributed by atoms with Crippen LogP contribution in [-0.2, 0) is 6.54 Å². The smallest absolute Gasteiger partial charge is 0.171 e. The maximum absolute atomic E-state index is 5.54. The second kappa shape index (κ2) is 2.60. The molecule has 12 heavy (non-hydrogen) atoms. The molecule has 0 spiro atoms. The van der Waals surface area contributed by atoms with Gasteiger partial charge in [0.25, 0.3) is 0 Å². The third-order valence-electron chi connectivity index (χ3n) is 2.04. The fourth-order valence-corrected chi connectivity index (χ4v) is 1.30. The zero-order valence-corrected chi connectivity index (χ0v) is 6.87. The first-order valence-electron chi connectivity index (χ1n) is 3.86. The van der Waals surface area contributed by atoms with E-state index in [0.717, 1.165) is 16.5 Å². The molecule has 2 aromatic rings. The van der Waals surface area contributed by atoms with E-state index in [-0.39, 0.29) is 0 Å². The first-order valence-corrected chi connectivity index (χ1v) is 3.86. The Morgan fingerprint density at radius 1 is 1.50 bits per heavy atom. The van der Waals surface area contributed by atoms with Crippen molar-refractivity contribution in [3.63, 3.8) is 0 Å². The van der Waals surface area contributed by atoms with Crippen molar-refractivity contribution in [3.05, 3.63) is 29.5 Å². The molecular formula is C9H10N2O. The molecular weight excluding hydrogens is 152 g/mol. The number of nitrogens with zero attached hydrogens (tertiary/aromatic N) is 1. The Kier molecular flexibility index (Phi) is 1.59. The SMILES string of the molecule is Cc1ccc(CN)c2oncc12. The van der Waals surface area contributed by atoms with Crippen LogP contribution in [0.2, 0.25) is 0 Å². The minimum atomic E-state index is 0.492. The molecule has 3 nitrogen and oxygen atoms in total. The van der Waals surface area contributed by atoms with Crippen LogP contribution in [0.25, 0.3) is 11.0 Å². The lowest BCUT2D eigenvalue weighted by Crippen LogP contribution is -1.96. The maximum Gasteiger partial charge on any atom is 0.171 e. The maximum atomic E-state index is 5.54. The number of aryl methyl sites for hydroxylation is 1. The predicted molar refractivity (Wildman–Crippen MR) is 46.6 cm³/mol. The van der Waals surface area contributed by atoms with Crippen LogP contribution in [0.15, 0.2) is 22.9 Å². The van der Waals surface area contributed by atoms with Gasteiger partial charge in [-0.1, -0.05) is 17.3 Å². The highest BCUT2D eigenvalue weighted by molar-refractivity contribution is 5.82. The molecule has 2 rings (SSSR count). The van der Waals surface area contributed by atoms with Gasteiger partial charge < -0.3 is 10.3 Å². The number of benzene rings is 1. The molecule has 1 aromatic heterocycles. The Morgan fingerprint density at radius 3 is 3.08 bits per heavy atom. The van der Waals surface area contributed by atoms with E-state index in [2.05, 4.69) is 5.16 Å². The molecule has 1 heterocycles. The van der Waals surface area contributed by atoms with Gasteiger partial charge in [0.1, 0.15) is 0 Å². The molecule has 0 aliphatic heterocycles. The van der Waals surface area contributed by atoms with Gasteiger partial charge >= 0.3 is 0 Å². The molecule has 0 unspecified atom stereocenters. The van der Waals surface area contributed by atoms with Crippen LogP contribution in [-0.4, -0.2) is 5.16 Å². The number of hydrogen-bond acceptors (Lipinski definition) is 3. The quantitative estimate of drug-likeness (QED) is 0.692. The summed E-state index contributed by atoms with van der Waals surface area (Å²) in [6, 6.07) is 4.00. The van der Waals surface area contributed by atoms with Crippen LogP contribution in [0.1, 0.15) is 11.1 Å². The fraction of sp³-hybridized carbons (Fsp3) is 0.222. The van der Waals surface area contributed by atoms with E-state index in [1.165, 1.54) is 5.56 Å². The van der Waals surface area contributed by atoms with Gasteiger partial charge in [0.2, 0.25) is 0 Å². The summed E-state index contributed by atoms with van der Waals surface area (Å²) in [4.78, 5) is 0. The Morgan fingerprint density at radius 2 is 2.33 bits per heavy atom. The molecule has 0 saturated heterocycles. The summed E-state index contributed by atoms with van der Waals surface area (Å²) in [5, 5.41) is 4.79. The molecule has 0 aliphatic carbocycles. The second-order valence-corrected chi connectivity index (χ2v) is 2.81. The summed E-state index contributed by atoms with van der Waals surface area (Å²) in [6.07, 6.45) is 1.73. The van der Waals surface area contributed by atoms with E-state index in [4.69, 9.17) is 10.3 Å². The van der Waals surface area contributed by atoms with Gasteiger partial charge in [-0.05, 0) is 12.5 Å². The van der Waals surface area contributed by atoms with Gasteiger partial charge in [-0.2, -0.15) is 0 Å². The van der Waals surface area contributed by atoms with Crippen molar-refractivity contribution in [1.82, 2.24) is 5.16 Å². The summed E-state index contributed by atoms with van der Waals surface area (Å²) < 4.78 is 5.09. The third-order valence-corrected chi connectivity index (χ3v) is 2.04. The molecule has 0 saturated carbocycles. The molecule has 0 bridgehead atoms. The number of nitrogens with two attached hydrogens (primary N) is 1. The summed E-state index contributed by atoms with van der Waals surface area (Å²) in [6.45, 7) is 2.52. The lowest BCUT2D eigenvalue weighted by atomic mass is 10.1. The summed E-state index contributed by atoms with van der Waals surface area (Å²) >= 11 is 0. The fourth-order valence-electron chi connectivity index (χ4n) is 1.30. The van der Waals surface area contributed by atoms with Crippen LogP contribution in [0, 0.1) is 6.92 Å². The highest BCUT2D eigenvalue weighted by atomic mass is 16.5. The van der Waals surface area contributed by atoms with Crippen molar-refractivity contribution in [2.45, 2.75) is 13.5 Å². The minimum absolute atomic E-state index is 0.492. The van der Waals surface area contributed by atoms with Crippen molar-refractivity contribution in [1.29, 1.82) is 0 Å². The average Bonchev–Trinajstić information content (AvgIpc) is 2.54. The van der Waals surface area contributed by atoms with E-state index < -0.39 is 0 Å². The molecule has 1 aromatic carbocycles. The van der Waals surface area contributed by atoms with Crippen LogP contribution < -0.4 is 5.73 Å². The molecule has 0 amide bonds. The average molecular weight is 162 g/mol. The van der Waals surface area contributed by atoms with Gasteiger partial charge in [-0.25, -0.2) is 0 Å². The number of fused-ring (bicyclic) bond motifs is 1. The van der Waals surface area contributed by atoms with Crippen LogP contribution in [0.3, 0.4) is 0 Å². The molecule has 0 aliphatic rings.